The van der Waals surface area contributed by atoms with Gasteiger partial charge >= 0.3 is 0 Å². The second-order valence-corrected chi connectivity index (χ2v) is 5.92. The van der Waals surface area contributed by atoms with E-state index in [4.69, 9.17) is 5.26 Å². The molecule has 1 aromatic rings. The van der Waals surface area contributed by atoms with Gasteiger partial charge in [-0.2, -0.15) is 5.26 Å². The number of fused-ring (bicyclic) bond motifs is 2. The van der Waals surface area contributed by atoms with Crippen molar-refractivity contribution in [2.24, 2.45) is 17.8 Å². The first-order valence-corrected chi connectivity index (χ1v) is 7.10. The number of nitro benzene ring substituents is 1. The van der Waals surface area contributed by atoms with E-state index in [2.05, 4.69) is 5.32 Å². The van der Waals surface area contributed by atoms with Crippen molar-refractivity contribution >= 4 is 11.4 Å². The Hall–Kier alpha value is -2.09. The van der Waals surface area contributed by atoms with Crippen LogP contribution in [0, 0.1) is 39.2 Å². The van der Waals surface area contributed by atoms with Crippen LogP contribution in [0.3, 0.4) is 0 Å². The van der Waals surface area contributed by atoms with E-state index in [0.717, 1.165) is 18.4 Å². The van der Waals surface area contributed by atoms with Gasteiger partial charge in [-0.1, -0.05) is 6.42 Å². The number of benzene rings is 1. The fourth-order valence-electron chi connectivity index (χ4n) is 3.77. The van der Waals surface area contributed by atoms with E-state index in [9.17, 15) is 10.1 Å². The molecule has 0 saturated heterocycles. The third-order valence-electron chi connectivity index (χ3n) is 4.76. The third-order valence-corrected chi connectivity index (χ3v) is 4.76. The molecule has 2 aliphatic carbocycles. The Balaban J connectivity index is 1.71. The summed E-state index contributed by atoms with van der Waals surface area (Å²) >= 11 is 0. The van der Waals surface area contributed by atoms with E-state index in [0.29, 0.717) is 17.2 Å². The number of hydrogen-bond acceptors (Lipinski definition) is 4. The van der Waals surface area contributed by atoms with Crippen molar-refractivity contribution in [3.05, 3.63) is 33.9 Å². The van der Waals surface area contributed by atoms with Gasteiger partial charge in [-0.25, -0.2) is 0 Å². The smallest absolute Gasteiger partial charge is 0.293 e. The van der Waals surface area contributed by atoms with Gasteiger partial charge in [-0.05, 0) is 49.1 Å². The van der Waals surface area contributed by atoms with Gasteiger partial charge in [-0.3, -0.25) is 10.1 Å². The van der Waals surface area contributed by atoms with Crippen LogP contribution in [0.25, 0.3) is 0 Å². The van der Waals surface area contributed by atoms with Crippen molar-refractivity contribution in [3.63, 3.8) is 0 Å². The molecule has 0 radical (unpaired) electrons. The maximum absolute atomic E-state index is 11.1. The molecule has 5 heteroatoms. The van der Waals surface area contributed by atoms with E-state index in [1.54, 1.807) is 12.1 Å². The normalized spacial score (nSPS) is 27.2. The maximum Gasteiger partial charge on any atom is 0.293 e. The Labute approximate surface area is 117 Å². The molecule has 2 aliphatic rings. The third kappa shape index (κ3) is 2.34. The molecule has 5 nitrogen and oxygen atoms in total. The van der Waals surface area contributed by atoms with Crippen LogP contribution < -0.4 is 5.32 Å². The molecular formula is C15H17N3O2. The van der Waals surface area contributed by atoms with Gasteiger partial charge in [0, 0.05) is 12.6 Å². The minimum absolute atomic E-state index is 0.00722. The SMILES string of the molecule is N#Cc1ccc(NC[C@H]2C[C@H]3CC[C@H]2C3)c([N+](=O)[O-])c1. The van der Waals surface area contributed by atoms with Crippen LogP contribution in [0.4, 0.5) is 11.4 Å². The van der Waals surface area contributed by atoms with Gasteiger partial charge in [-0.15, -0.1) is 0 Å². The van der Waals surface area contributed by atoms with Crippen LogP contribution in [0.2, 0.25) is 0 Å². The van der Waals surface area contributed by atoms with E-state index < -0.39 is 4.92 Å². The average molecular weight is 271 g/mol. The summed E-state index contributed by atoms with van der Waals surface area (Å²) in [7, 11) is 0. The molecule has 3 rings (SSSR count). The van der Waals surface area contributed by atoms with E-state index >= 15 is 0 Å². The fraction of sp³-hybridized carbons (Fsp3) is 0.533. The lowest BCUT2D eigenvalue weighted by Crippen LogP contribution is -2.20. The Bertz CT molecular complexity index is 579. The molecule has 2 bridgehead atoms. The maximum atomic E-state index is 11.1. The molecule has 0 spiro atoms. The minimum Gasteiger partial charge on any atom is -0.379 e. The van der Waals surface area contributed by atoms with Crippen LogP contribution in [0.1, 0.15) is 31.2 Å². The van der Waals surface area contributed by atoms with Gasteiger partial charge in [0.25, 0.3) is 5.69 Å². The number of nitrogens with one attached hydrogen (secondary N) is 1. The lowest BCUT2D eigenvalue weighted by Gasteiger charge is -2.22. The zero-order chi connectivity index (χ0) is 14.1. The molecular weight excluding hydrogens is 254 g/mol. The number of hydrogen-bond donors (Lipinski definition) is 1. The molecule has 20 heavy (non-hydrogen) atoms. The van der Waals surface area contributed by atoms with Gasteiger partial charge < -0.3 is 5.32 Å². The summed E-state index contributed by atoms with van der Waals surface area (Å²) in [5, 5.41) is 23.1. The Morgan fingerprint density at radius 1 is 1.40 bits per heavy atom. The van der Waals surface area contributed by atoms with Crippen LogP contribution in [-0.4, -0.2) is 11.5 Å². The van der Waals surface area contributed by atoms with Crippen LogP contribution in [-0.2, 0) is 0 Å². The zero-order valence-corrected chi connectivity index (χ0v) is 11.2. The van der Waals surface area contributed by atoms with Crippen molar-refractivity contribution in [1.29, 1.82) is 5.26 Å². The molecule has 0 amide bonds. The summed E-state index contributed by atoms with van der Waals surface area (Å²) in [4.78, 5) is 10.6. The first-order valence-electron chi connectivity index (χ1n) is 7.10. The summed E-state index contributed by atoms with van der Waals surface area (Å²) in [5.74, 6) is 2.32. The molecule has 2 saturated carbocycles. The van der Waals surface area contributed by atoms with E-state index in [-0.39, 0.29) is 5.69 Å². The standard InChI is InChI=1S/C15H17N3O2/c16-8-11-2-4-14(15(7-11)18(19)20)17-9-13-6-10-1-3-12(13)5-10/h2,4,7,10,12-13,17H,1,3,5-6,9H2/t10-,12-,13+/m0/s1. The van der Waals surface area contributed by atoms with Gasteiger partial charge in [0.05, 0.1) is 16.6 Å². The second-order valence-electron chi connectivity index (χ2n) is 5.92. The quantitative estimate of drug-likeness (QED) is 0.673. The summed E-state index contributed by atoms with van der Waals surface area (Å²) in [6.07, 6.45) is 5.26. The predicted molar refractivity (Wildman–Crippen MR) is 75.2 cm³/mol. The fourth-order valence-corrected chi connectivity index (χ4v) is 3.77. The average Bonchev–Trinajstić information content (AvgIpc) is 3.07. The largest absolute Gasteiger partial charge is 0.379 e. The number of rotatable bonds is 4. The summed E-state index contributed by atoms with van der Waals surface area (Å²) in [5.41, 5.74) is 0.839. The minimum atomic E-state index is -0.427. The molecule has 0 aromatic heterocycles. The van der Waals surface area contributed by atoms with Crippen molar-refractivity contribution in [3.8, 4) is 6.07 Å². The number of anilines is 1. The molecule has 104 valence electrons. The number of nitro groups is 1. The van der Waals surface area contributed by atoms with E-state index in [1.807, 2.05) is 6.07 Å². The highest BCUT2D eigenvalue weighted by atomic mass is 16.6. The first kappa shape index (κ1) is 12.9. The molecule has 0 heterocycles. The first-order chi connectivity index (χ1) is 9.67. The van der Waals surface area contributed by atoms with Gasteiger partial charge in [0.2, 0.25) is 0 Å². The summed E-state index contributed by atoms with van der Waals surface area (Å²) in [6, 6.07) is 6.54. The molecule has 2 fully saturated rings. The lowest BCUT2D eigenvalue weighted by atomic mass is 9.89. The van der Waals surface area contributed by atoms with Gasteiger partial charge in [0.15, 0.2) is 0 Å². The Kier molecular flexibility index (Phi) is 3.31. The van der Waals surface area contributed by atoms with Crippen molar-refractivity contribution in [2.45, 2.75) is 25.7 Å². The molecule has 0 unspecified atom stereocenters. The van der Waals surface area contributed by atoms with Crippen molar-refractivity contribution in [2.75, 3.05) is 11.9 Å². The molecule has 1 aromatic carbocycles. The topological polar surface area (TPSA) is 79.0 Å². The predicted octanol–water partition coefficient (Wildman–Crippen LogP) is 3.31. The van der Waals surface area contributed by atoms with Crippen LogP contribution >= 0.6 is 0 Å². The van der Waals surface area contributed by atoms with Crippen molar-refractivity contribution in [1.82, 2.24) is 0 Å². The lowest BCUT2D eigenvalue weighted by molar-refractivity contribution is -0.384. The number of nitriles is 1. The van der Waals surface area contributed by atoms with E-state index in [1.165, 1.54) is 31.7 Å². The van der Waals surface area contributed by atoms with Crippen LogP contribution in [0.5, 0.6) is 0 Å². The monoisotopic (exact) mass is 271 g/mol. The second kappa shape index (κ2) is 5.12. The summed E-state index contributed by atoms with van der Waals surface area (Å²) < 4.78 is 0. The summed E-state index contributed by atoms with van der Waals surface area (Å²) in [6.45, 7) is 0.800. The Morgan fingerprint density at radius 3 is 2.85 bits per heavy atom. The van der Waals surface area contributed by atoms with Crippen LogP contribution in [0.15, 0.2) is 18.2 Å². The zero-order valence-electron chi connectivity index (χ0n) is 11.2. The highest BCUT2D eigenvalue weighted by molar-refractivity contribution is 5.64. The Morgan fingerprint density at radius 2 is 2.25 bits per heavy atom. The van der Waals surface area contributed by atoms with Gasteiger partial charge in [0.1, 0.15) is 5.69 Å². The highest BCUT2D eigenvalue weighted by Gasteiger charge is 2.39. The molecule has 0 aliphatic heterocycles. The van der Waals surface area contributed by atoms with Crippen molar-refractivity contribution < 1.29 is 4.92 Å². The number of nitrogens with zero attached hydrogens (tertiary/aromatic N) is 2. The molecule has 3 atom stereocenters. The molecule has 1 N–H and O–H groups in total. The highest BCUT2D eigenvalue weighted by Crippen LogP contribution is 2.48.